The second kappa shape index (κ2) is 12.2. The molecule has 19 heavy (non-hydrogen) atoms. The Hall–Kier alpha value is -0.870. The molecule has 0 aromatic heterocycles. The number of rotatable bonds is 12. The van der Waals surface area contributed by atoms with E-state index in [2.05, 4.69) is 6.08 Å². The average molecular weight is 272 g/mol. The van der Waals surface area contributed by atoms with Crippen LogP contribution in [0.5, 0.6) is 0 Å². The zero-order valence-corrected chi connectivity index (χ0v) is 12.4. The molecule has 0 bridgehead atoms. The molecule has 0 radical (unpaired) electrons. The summed E-state index contributed by atoms with van der Waals surface area (Å²) in [5.74, 6) is -0.866. The summed E-state index contributed by atoms with van der Waals surface area (Å²) in [6.07, 6.45) is 8.10. The maximum absolute atomic E-state index is 10.8. The van der Waals surface area contributed by atoms with Gasteiger partial charge in [-0.3, -0.25) is 4.79 Å². The van der Waals surface area contributed by atoms with Crippen LogP contribution in [-0.2, 0) is 14.3 Å². The number of hydrogen-bond acceptors (Lipinski definition) is 3. The molecule has 0 aliphatic carbocycles. The molecule has 0 spiro atoms. The van der Waals surface area contributed by atoms with Gasteiger partial charge in [-0.2, -0.15) is 0 Å². The molecule has 0 fully saturated rings. The Labute approximate surface area is 116 Å². The fourth-order valence-corrected chi connectivity index (χ4v) is 1.85. The quantitative estimate of drug-likeness (QED) is 0.335. The van der Waals surface area contributed by atoms with Crippen molar-refractivity contribution in [1.82, 2.24) is 0 Å². The minimum absolute atomic E-state index is 0.191. The van der Waals surface area contributed by atoms with E-state index in [4.69, 9.17) is 14.6 Å². The Kier molecular flexibility index (Phi) is 11.6. The van der Waals surface area contributed by atoms with E-state index in [-0.39, 0.29) is 12.2 Å². The smallest absolute Gasteiger partial charge is 0.306 e. The van der Waals surface area contributed by atoms with Crippen molar-refractivity contribution in [1.29, 1.82) is 0 Å². The second-order valence-corrected chi connectivity index (χ2v) is 4.44. The molecule has 4 nitrogen and oxygen atoms in total. The average Bonchev–Trinajstić information content (AvgIpc) is 2.37. The SMILES string of the molecule is CCOC(/C=C/CCCCC(CC)C(=O)O)OCC. The van der Waals surface area contributed by atoms with Crippen LogP contribution in [0.25, 0.3) is 0 Å². The van der Waals surface area contributed by atoms with Crippen molar-refractivity contribution >= 4 is 5.97 Å². The molecule has 0 amide bonds. The minimum atomic E-state index is -0.675. The van der Waals surface area contributed by atoms with Crippen LogP contribution in [0.15, 0.2) is 12.2 Å². The molecule has 112 valence electrons. The lowest BCUT2D eigenvalue weighted by Crippen LogP contribution is -2.14. The highest BCUT2D eigenvalue weighted by Crippen LogP contribution is 2.14. The van der Waals surface area contributed by atoms with Crippen molar-refractivity contribution in [3.05, 3.63) is 12.2 Å². The molecule has 0 aromatic rings. The van der Waals surface area contributed by atoms with E-state index in [0.717, 1.165) is 25.7 Å². The highest BCUT2D eigenvalue weighted by atomic mass is 16.7. The largest absolute Gasteiger partial charge is 0.481 e. The maximum Gasteiger partial charge on any atom is 0.306 e. The molecule has 0 aliphatic rings. The van der Waals surface area contributed by atoms with Gasteiger partial charge in [-0.1, -0.05) is 19.4 Å². The van der Waals surface area contributed by atoms with Gasteiger partial charge in [0.05, 0.1) is 5.92 Å². The zero-order valence-electron chi connectivity index (χ0n) is 12.4. The van der Waals surface area contributed by atoms with Crippen LogP contribution in [0, 0.1) is 5.92 Å². The number of hydrogen-bond donors (Lipinski definition) is 1. The van der Waals surface area contributed by atoms with Crippen molar-refractivity contribution in [3.63, 3.8) is 0 Å². The van der Waals surface area contributed by atoms with Crippen LogP contribution in [0.2, 0.25) is 0 Å². The highest BCUT2D eigenvalue weighted by Gasteiger charge is 2.13. The number of carboxylic acids is 1. The van der Waals surface area contributed by atoms with E-state index in [0.29, 0.717) is 19.6 Å². The molecule has 0 saturated carbocycles. The zero-order chi connectivity index (χ0) is 14.5. The van der Waals surface area contributed by atoms with Gasteiger partial charge in [-0.05, 0) is 45.6 Å². The van der Waals surface area contributed by atoms with Crippen molar-refractivity contribution in [3.8, 4) is 0 Å². The Balaban J connectivity index is 3.74. The number of aliphatic carboxylic acids is 1. The fraction of sp³-hybridized carbons (Fsp3) is 0.800. The Bertz CT molecular complexity index is 245. The molecule has 0 saturated heterocycles. The first kappa shape index (κ1) is 18.1. The van der Waals surface area contributed by atoms with Gasteiger partial charge in [0.15, 0.2) is 6.29 Å². The summed E-state index contributed by atoms with van der Waals surface area (Å²) in [5.41, 5.74) is 0. The van der Waals surface area contributed by atoms with E-state index in [1.807, 2.05) is 26.8 Å². The maximum atomic E-state index is 10.8. The summed E-state index contributed by atoms with van der Waals surface area (Å²) < 4.78 is 10.8. The van der Waals surface area contributed by atoms with Crippen molar-refractivity contribution in [2.24, 2.45) is 5.92 Å². The van der Waals surface area contributed by atoms with Crippen molar-refractivity contribution in [2.45, 2.75) is 59.2 Å². The molecule has 1 unspecified atom stereocenters. The lowest BCUT2D eigenvalue weighted by atomic mass is 9.99. The predicted octanol–water partition coefficient (Wildman–Crippen LogP) is 3.61. The Morgan fingerprint density at radius 2 is 1.79 bits per heavy atom. The monoisotopic (exact) mass is 272 g/mol. The van der Waals surface area contributed by atoms with Crippen molar-refractivity contribution in [2.75, 3.05) is 13.2 Å². The van der Waals surface area contributed by atoms with Gasteiger partial charge in [0, 0.05) is 13.2 Å². The van der Waals surface area contributed by atoms with Gasteiger partial charge in [0.2, 0.25) is 0 Å². The lowest BCUT2D eigenvalue weighted by Gasteiger charge is -2.12. The van der Waals surface area contributed by atoms with Crippen LogP contribution in [-0.4, -0.2) is 30.6 Å². The van der Waals surface area contributed by atoms with Gasteiger partial charge in [-0.15, -0.1) is 0 Å². The van der Waals surface area contributed by atoms with Crippen molar-refractivity contribution < 1.29 is 19.4 Å². The van der Waals surface area contributed by atoms with Gasteiger partial charge in [-0.25, -0.2) is 0 Å². The summed E-state index contributed by atoms with van der Waals surface area (Å²) in [7, 11) is 0. The predicted molar refractivity (Wildman–Crippen MR) is 76.1 cm³/mol. The Morgan fingerprint density at radius 1 is 1.16 bits per heavy atom. The molecule has 1 atom stereocenters. The third-order valence-corrected chi connectivity index (χ3v) is 2.97. The first-order valence-corrected chi connectivity index (χ1v) is 7.28. The Morgan fingerprint density at radius 3 is 2.26 bits per heavy atom. The number of ether oxygens (including phenoxy) is 2. The van der Waals surface area contributed by atoms with Crippen LogP contribution in [0.4, 0.5) is 0 Å². The summed E-state index contributed by atoms with van der Waals surface area (Å²) in [6, 6.07) is 0. The summed E-state index contributed by atoms with van der Waals surface area (Å²) in [4.78, 5) is 10.8. The van der Waals surface area contributed by atoms with Crippen LogP contribution in [0.3, 0.4) is 0 Å². The summed E-state index contributed by atoms with van der Waals surface area (Å²) >= 11 is 0. The number of carboxylic acid groups (broad SMARTS) is 1. The molecular formula is C15H28O4. The van der Waals surface area contributed by atoms with E-state index in [1.54, 1.807) is 0 Å². The number of allylic oxidation sites excluding steroid dienone is 1. The topological polar surface area (TPSA) is 55.8 Å². The molecule has 0 aromatic carbocycles. The lowest BCUT2D eigenvalue weighted by molar-refractivity contribution is -0.142. The molecule has 1 N–H and O–H groups in total. The fourth-order valence-electron chi connectivity index (χ4n) is 1.85. The molecular weight excluding hydrogens is 244 g/mol. The molecule has 0 aliphatic heterocycles. The van der Waals surface area contributed by atoms with Crippen LogP contribution in [0.1, 0.15) is 52.9 Å². The van der Waals surface area contributed by atoms with E-state index >= 15 is 0 Å². The number of carbonyl (C=O) groups is 1. The van der Waals surface area contributed by atoms with E-state index in [1.165, 1.54) is 0 Å². The standard InChI is InChI=1S/C15H28O4/c1-4-13(15(16)17)11-9-7-8-10-12-14(18-5-2)19-6-3/h10,12-14H,4-9,11H2,1-3H3,(H,16,17)/b12-10+. The van der Waals surface area contributed by atoms with Crippen LogP contribution < -0.4 is 0 Å². The minimum Gasteiger partial charge on any atom is -0.481 e. The van der Waals surface area contributed by atoms with Gasteiger partial charge in [0.1, 0.15) is 0 Å². The van der Waals surface area contributed by atoms with E-state index < -0.39 is 5.97 Å². The first-order valence-electron chi connectivity index (χ1n) is 7.28. The van der Waals surface area contributed by atoms with Gasteiger partial charge >= 0.3 is 5.97 Å². The normalized spacial score (nSPS) is 13.3. The van der Waals surface area contributed by atoms with Crippen LogP contribution >= 0.6 is 0 Å². The van der Waals surface area contributed by atoms with Gasteiger partial charge in [0.25, 0.3) is 0 Å². The second-order valence-electron chi connectivity index (χ2n) is 4.44. The summed E-state index contributed by atoms with van der Waals surface area (Å²) in [5, 5.41) is 8.92. The highest BCUT2D eigenvalue weighted by molar-refractivity contribution is 5.69. The van der Waals surface area contributed by atoms with Gasteiger partial charge < -0.3 is 14.6 Å². The third kappa shape index (κ3) is 9.68. The number of unbranched alkanes of at least 4 members (excludes halogenated alkanes) is 2. The first-order chi connectivity index (χ1) is 9.15. The third-order valence-electron chi connectivity index (χ3n) is 2.97. The summed E-state index contributed by atoms with van der Waals surface area (Å²) in [6.45, 7) is 7.07. The molecule has 0 heterocycles. The molecule has 0 rings (SSSR count). The molecule has 4 heteroatoms. The van der Waals surface area contributed by atoms with E-state index in [9.17, 15) is 4.79 Å².